The van der Waals surface area contributed by atoms with E-state index in [2.05, 4.69) is 27.4 Å². The lowest BCUT2D eigenvalue weighted by molar-refractivity contribution is 0.146. The van der Waals surface area contributed by atoms with Gasteiger partial charge in [-0.05, 0) is 46.2 Å². The summed E-state index contributed by atoms with van der Waals surface area (Å²) in [5, 5.41) is 6.74. The van der Waals surface area contributed by atoms with E-state index in [4.69, 9.17) is 4.74 Å². The van der Waals surface area contributed by atoms with Gasteiger partial charge in [-0.1, -0.05) is 12.8 Å². The van der Waals surface area contributed by atoms with Gasteiger partial charge in [0.05, 0.1) is 0 Å². The lowest BCUT2D eigenvalue weighted by atomic mass is 10.2. The maximum Gasteiger partial charge on any atom is 0.191 e. The molecule has 0 spiro atoms. The zero-order valence-electron chi connectivity index (χ0n) is 14.4. The van der Waals surface area contributed by atoms with Crippen molar-refractivity contribution in [3.63, 3.8) is 0 Å². The summed E-state index contributed by atoms with van der Waals surface area (Å²) in [6.45, 7) is 12.0. The van der Waals surface area contributed by atoms with Crippen LogP contribution in [0.15, 0.2) is 4.99 Å². The highest BCUT2D eigenvalue weighted by Gasteiger charge is 2.08. The summed E-state index contributed by atoms with van der Waals surface area (Å²) in [4.78, 5) is 7.15. The third kappa shape index (κ3) is 11.5. The Hall–Kier alpha value is -0.0800. The van der Waals surface area contributed by atoms with Crippen molar-refractivity contribution in [2.45, 2.75) is 46.0 Å². The topological polar surface area (TPSA) is 48.9 Å². The molecule has 2 N–H and O–H groups in total. The van der Waals surface area contributed by atoms with Crippen LogP contribution in [0, 0.1) is 0 Å². The van der Waals surface area contributed by atoms with E-state index in [9.17, 15) is 0 Å². The van der Waals surface area contributed by atoms with Crippen molar-refractivity contribution in [1.82, 2.24) is 15.5 Å². The van der Waals surface area contributed by atoms with Gasteiger partial charge in [-0.15, -0.1) is 24.0 Å². The van der Waals surface area contributed by atoms with Gasteiger partial charge in [-0.2, -0.15) is 0 Å². The first kappa shape index (κ1) is 21.9. The summed E-state index contributed by atoms with van der Waals surface area (Å²) in [7, 11) is 0. The van der Waals surface area contributed by atoms with Gasteiger partial charge in [0, 0.05) is 39.4 Å². The molecule has 0 atom stereocenters. The largest absolute Gasteiger partial charge is 0.382 e. The highest BCUT2D eigenvalue weighted by atomic mass is 127. The lowest BCUT2D eigenvalue weighted by Crippen LogP contribution is -2.42. The van der Waals surface area contributed by atoms with E-state index in [0.717, 1.165) is 51.8 Å². The second-order valence-corrected chi connectivity index (χ2v) is 5.49. The molecule has 0 aliphatic carbocycles. The quantitative estimate of drug-likeness (QED) is 0.258. The maximum atomic E-state index is 5.33. The number of ether oxygens (including phenoxy) is 1. The van der Waals surface area contributed by atoms with Crippen molar-refractivity contribution in [3.8, 4) is 0 Å². The molecule has 22 heavy (non-hydrogen) atoms. The van der Waals surface area contributed by atoms with E-state index < -0.39 is 0 Å². The van der Waals surface area contributed by atoms with E-state index in [0.29, 0.717) is 0 Å². The molecule has 0 unspecified atom stereocenters. The Morgan fingerprint density at radius 3 is 2.45 bits per heavy atom. The Bertz CT molecular complexity index is 269. The van der Waals surface area contributed by atoms with Gasteiger partial charge in [0.2, 0.25) is 0 Å². The maximum absolute atomic E-state index is 5.33. The third-order valence-electron chi connectivity index (χ3n) is 3.68. The number of nitrogens with one attached hydrogen (secondary N) is 2. The molecular formula is C16H35IN4O. The van der Waals surface area contributed by atoms with Gasteiger partial charge in [0.15, 0.2) is 5.96 Å². The zero-order chi connectivity index (χ0) is 15.2. The molecule has 0 aromatic heterocycles. The van der Waals surface area contributed by atoms with Gasteiger partial charge >= 0.3 is 0 Å². The predicted molar refractivity (Wildman–Crippen MR) is 105 cm³/mol. The molecule has 1 aliphatic rings. The first-order valence-corrected chi connectivity index (χ1v) is 8.69. The minimum absolute atomic E-state index is 0. The van der Waals surface area contributed by atoms with Gasteiger partial charge in [0.1, 0.15) is 0 Å². The van der Waals surface area contributed by atoms with Crippen molar-refractivity contribution in [2.24, 2.45) is 4.99 Å². The summed E-state index contributed by atoms with van der Waals surface area (Å²) in [6, 6.07) is 0. The Kier molecular flexibility index (Phi) is 15.7. The SMILES string of the molecule is CCNC(=NCCCOCC)NCCN1CCCCCC1.I. The van der Waals surface area contributed by atoms with Crippen molar-refractivity contribution in [2.75, 3.05) is 52.5 Å². The number of likely N-dealkylation sites (tertiary alicyclic amines) is 1. The molecule has 0 bridgehead atoms. The minimum atomic E-state index is 0. The zero-order valence-corrected chi connectivity index (χ0v) is 16.7. The predicted octanol–water partition coefficient (Wildman–Crippen LogP) is 2.46. The molecule has 132 valence electrons. The molecule has 0 saturated carbocycles. The molecule has 5 nitrogen and oxygen atoms in total. The van der Waals surface area contributed by atoms with Crippen LogP contribution >= 0.6 is 24.0 Å². The van der Waals surface area contributed by atoms with E-state index in [1.165, 1.54) is 38.8 Å². The summed E-state index contributed by atoms with van der Waals surface area (Å²) in [5.41, 5.74) is 0. The number of rotatable bonds is 9. The molecule has 0 aromatic carbocycles. The first-order chi connectivity index (χ1) is 10.4. The fraction of sp³-hybridized carbons (Fsp3) is 0.938. The molecule has 6 heteroatoms. The number of hydrogen-bond donors (Lipinski definition) is 2. The van der Waals surface area contributed by atoms with Crippen LogP contribution < -0.4 is 10.6 Å². The molecular weight excluding hydrogens is 391 g/mol. The van der Waals surface area contributed by atoms with Gasteiger partial charge in [-0.25, -0.2) is 0 Å². The fourth-order valence-corrected chi connectivity index (χ4v) is 2.54. The van der Waals surface area contributed by atoms with Crippen LogP contribution in [0.2, 0.25) is 0 Å². The van der Waals surface area contributed by atoms with E-state index in [1.807, 2.05) is 6.92 Å². The molecule has 1 rings (SSSR count). The Morgan fingerprint density at radius 1 is 1.09 bits per heavy atom. The molecule has 0 amide bonds. The summed E-state index contributed by atoms with van der Waals surface area (Å²) >= 11 is 0. The molecule has 1 saturated heterocycles. The van der Waals surface area contributed by atoms with Crippen LogP contribution in [0.1, 0.15) is 46.0 Å². The fourth-order valence-electron chi connectivity index (χ4n) is 2.54. The summed E-state index contributed by atoms with van der Waals surface area (Å²) in [5.74, 6) is 0.934. The monoisotopic (exact) mass is 426 g/mol. The Balaban J connectivity index is 0.00000441. The normalized spacial score (nSPS) is 16.7. The standard InChI is InChI=1S/C16H34N4O.HI/c1-3-17-16(18-10-9-15-21-4-2)19-11-14-20-12-7-5-6-8-13-20;/h3-15H2,1-2H3,(H2,17,18,19);1H. The van der Waals surface area contributed by atoms with Crippen LogP contribution in [-0.4, -0.2) is 63.3 Å². The van der Waals surface area contributed by atoms with Crippen molar-refractivity contribution < 1.29 is 4.74 Å². The second-order valence-electron chi connectivity index (χ2n) is 5.49. The molecule has 1 fully saturated rings. The van der Waals surface area contributed by atoms with Crippen LogP contribution in [0.5, 0.6) is 0 Å². The van der Waals surface area contributed by atoms with Crippen LogP contribution in [0.3, 0.4) is 0 Å². The van der Waals surface area contributed by atoms with Crippen molar-refractivity contribution in [1.29, 1.82) is 0 Å². The molecule has 1 heterocycles. The number of aliphatic imine (C=N–C) groups is 1. The molecule has 0 aromatic rings. The average Bonchev–Trinajstić information content (AvgIpc) is 2.76. The third-order valence-corrected chi connectivity index (χ3v) is 3.68. The summed E-state index contributed by atoms with van der Waals surface area (Å²) in [6.07, 6.45) is 6.48. The first-order valence-electron chi connectivity index (χ1n) is 8.69. The van der Waals surface area contributed by atoms with E-state index in [1.54, 1.807) is 0 Å². The smallest absolute Gasteiger partial charge is 0.191 e. The van der Waals surface area contributed by atoms with Crippen LogP contribution in [0.25, 0.3) is 0 Å². The number of halogens is 1. The molecule has 1 aliphatic heterocycles. The summed E-state index contributed by atoms with van der Waals surface area (Å²) < 4.78 is 5.33. The van der Waals surface area contributed by atoms with E-state index in [-0.39, 0.29) is 24.0 Å². The van der Waals surface area contributed by atoms with Crippen molar-refractivity contribution >= 4 is 29.9 Å². The Labute approximate surface area is 153 Å². The number of hydrogen-bond acceptors (Lipinski definition) is 3. The number of nitrogens with zero attached hydrogens (tertiary/aromatic N) is 2. The van der Waals surface area contributed by atoms with Gasteiger partial charge in [0.25, 0.3) is 0 Å². The average molecular weight is 426 g/mol. The minimum Gasteiger partial charge on any atom is -0.382 e. The highest BCUT2D eigenvalue weighted by Crippen LogP contribution is 2.08. The second kappa shape index (κ2) is 15.8. The van der Waals surface area contributed by atoms with Crippen molar-refractivity contribution in [3.05, 3.63) is 0 Å². The highest BCUT2D eigenvalue weighted by molar-refractivity contribution is 14.0. The van der Waals surface area contributed by atoms with Gasteiger partial charge < -0.3 is 20.3 Å². The van der Waals surface area contributed by atoms with Crippen LogP contribution in [0.4, 0.5) is 0 Å². The Morgan fingerprint density at radius 2 is 1.82 bits per heavy atom. The lowest BCUT2D eigenvalue weighted by Gasteiger charge is -2.20. The van der Waals surface area contributed by atoms with Crippen LogP contribution in [-0.2, 0) is 4.74 Å². The van der Waals surface area contributed by atoms with Gasteiger partial charge in [-0.3, -0.25) is 4.99 Å². The molecule has 0 radical (unpaired) electrons. The van der Waals surface area contributed by atoms with E-state index >= 15 is 0 Å². The number of guanidine groups is 1.